The van der Waals surface area contributed by atoms with Gasteiger partial charge < -0.3 is 14.9 Å². The van der Waals surface area contributed by atoms with Crippen molar-refractivity contribution in [3.63, 3.8) is 0 Å². The van der Waals surface area contributed by atoms with E-state index in [0.717, 1.165) is 17.5 Å². The molecule has 116 valence electrons. The van der Waals surface area contributed by atoms with Crippen LogP contribution in [-0.2, 0) is 0 Å². The summed E-state index contributed by atoms with van der Waals surface area (Å²) < 4.78 is 1.95. The second kappa shape index (κ2) is 5.84. The molecule has 22 heavy (non-hydrogen) atoms. The Hall–Kier alpha value is -2.28. The number of nitrogens with zero attached hydrogens (tertiary/aromatic N) is 5. The lowest BCUT2D eigenvalue weighted by molar-refractivity contribution is 0.142. The average molecular weight is 322 g/mol. The Labute approximate surface area is 132 Å². The number of aryl methyl sites for hydroxylation is 1. The van der Waals surface area contributed by atoms with Gasteiger partial charge in [0.1, 0.15) is 5.82 Å². The monoisotopic (exact) mass is 321 g/mol. The highest BCUT2D eigenvalue weighted by Gasteiger charge is 2.24. The van der Waals surface area contributed by atoms with Crippen molar-refractivity contribution in [2.75, 3.05) is 31.1 Å². The number of aromatic nitrogens is 3. The minimum Gasteiger partial charge on any atom is -0.465 e. The number of anilines is 1. The topological polar surface area (TPSA) is 74.5 Å². The van der Waals surface area contributed by atoms with Crippen LogP contribution in [0.3, 0.4) is 0 Å². The van der Waals surface area contributed by atoms with Gasteiger partial charge in [-0.3, -0.25) is 4.57 Å². The standard InChI is InChI=1S/C14H16ClN5O2/c1-10-16-17-13(18-6-8-19(9-7-18)14(21)22)20(10)12-4-2-11(15)3-5-12/h2-5H,6-9H2,1H3,(H,21,22). The number of hydrogen-bond acceptors (Lipinski definition) is 4. The fourth-order valence-corrected chi connectivity index (χ4v) is 2.67. The molecule has 7 nitrogen and oxygen atoms in total. The Kier molecular flexibility index (Phi) is 3.89. The molecule has 1 saturated heterocycles. The molecule has 3 rings (SSSR count). The highest BCUT2D eigenvalue weighted by molar-refractivity contribution is 6.30. The van der Waals surface area contributed by atoms with Gasteiger partial charge in [-0.2, -0.15) is 0 Å². The Morgan fingerprint density at radius 3 is 2.36 bits per heavy atom. The number of halogens is 1. The normalized spacial score (nSPS) is 15.2. The quantitative estimate of drug-likeness (QED) is 0.916. The lowest BCUT2D eigenvalue weighted by Gasteiger charge is -2.33. The molecule has 8 heteroatoms. The summed E-state index contributed by atoms with van der Waals surface area (Å²) in [4.78, 5) is 14.4. The molecule has 1 aliphatic rings. The van der Waals surface area contributed by atoms with Gasteiger partial charge in [0.05, 0.1) is 5.69 Å². The van der Waals surface area contributed by atoms with Crippen molar-refractivity contribution < 1.29 is 9.90 Å². The Morgan fingerprint density at radius 2 is 1.77 bits per heavy atom. The van der Waals surface area contributed by atoms with Gasteiger partial charge in [-0.15, -0.1) is 10.2 Å². The van der Waals surface area contributed by atoms with Gasteiger partial charge in [0, 0.05) is 31.2 Å². The Balaban J connectivity index is 1.87. The molecule has 1 aromatic carbocycles. The van der Waals surface area contributed by atoms with Gasteiger partial charge >= 0.3 is 6.09 Å². The van der Waals surface area contributed by atoms with Gasteiger partial charge in [0.2, 0.25) is 5.95 Å². The fourth-order valence-electron chi connectivity index (χ4n) is 2.55. The van der Waals surface area contributed by atoms with Crippen molar-refractivity contribution in [2.24, 2.45) is 0 Å². The molecule has 0 unspecified atom stereocenters. The predicted octanol–water partition coefficient (Wildman–Crippen LogP) is 2.03. The van der Waals surface area contributed by atoms with E-state index in [0.29, 0.717) is 31.2 Å². The van der Waals surface area contributed by atoms with Crippen LogP contribution in [0.5, 0.6) is 0 Å². The first-order valence-corrected chi connectivity index (χ1v) is 7.35. The first-order chi connectivity index (χ1) is 10.6. The third kappa shape index (κ3) is 2.71. The number of piperazine rings is 1. The molecule has 1 amide bonds. The van der Waals surface area contributed by atoms with Gasteiger partial charge in [0.25, 0.3) is 0 Å². The number of carboxylic acid groups (broad SMARTS) is 1. The zero-order valence-electron chi connectivity index (χ0n) is 12.1. The minimum atomic E-state index is -0.880. The molecule has 0 saturated carbocycles. The highest BCUT2D eigenvalue weighted by Crippen LogP contribution is 2.22. The molecule has 1 aliphatic heterocycles. The van der Waals surface area contributed by atoms with Crippen molar-refractivity contribution in [2.45, 2.75) is 6.92 Å². The molecule has 0 bridgehead atoms. The summed E-state index contributed by atoms with van der Waals surface area (Å²) in [7, 11) is 0. The second-order valence-corrected chi connectivity index (χ2v) is 5.55. The van der Waals surface area contributed by atoms with E-state index >= 15 is 0 Å². The average Bonchev–Trinajstić information content (AvgIpc) is 2.90. The van der Waals surface area contributed by atoms with E-state index in [-0.39, 0.29) is 0 Å². The van der Waals surface area contributed by atoms with E-state index in [1.807, 2.05) is 40.7 Å². The van der Waals surface area contributed by atoms with E-state index in [1.165, 1.54) is 4.90 Å². The number of amides is 1. The summed E-state index contributed by atoms with van der Waals surface area (Å²) in [5.41, 5.74) is 0.933. The summed E-state index contributed by atoms with van der Waals surface area (Å²) in [6, 6.07) is 7.47. The highest BCUT2D eigenvalue weighted by atomic mass is 35.5. The molecule has 1 fully saturated rings. The van der Waals surface area contributed by atoms with Crippen molar-refractivity contribution in [1.29, 1.82) is 0 Å². The van der Waals surface area contributed by atoms with Crippen molar-refractivity contribution in [3.8, 4) is 5.69 Å². The lowest BCUT2D eigenvalue weighted by Crippen LogP contribution is -2.49. The number of benzene rings is 1. The van der Waals surface area contributed by atoms with Gasteiger partial charge in [0.15, 0.2) is 0 Å². The Bertz CT molecular complexity index is 677. The lowest BCUT2D eigenvalue weighted by atomic mass is 10.3. The summed E-state index contributed by atoms with van der Waals surface area (Å²) in [5.74, 6) is 1.50. The van der Waals surface area contributed by atoms with Crippen molar-refractivity contribution >= 4 is 23.6 Å². The first kappa shape index (κ1) is 14.6. The van der Waals surface area contributed by atoms with Gasteiger partial charge in [-0.05, 0) is 31.2 Å². The molecule has 2 heterocycles. The zero-order chi connectivity index (χ0) is 15.7. The SMILES string of the molecule is Cc1nnc(N2CCN(C(=O)O)CC2)n1-c1ccc(Cl)cc1. The fraction of sp³-hybridized carbons (Fsp3) is 0.357. The summed E-state index contributed by atoms with van der Waals surface area (Å²) in [5, 5.41) is 18.1. The van der Waals surface area contributed by atoms with Crippen LogP contribution in [0.1, 0.15) is 5.82 Å². The molecule has 1 aromatic heterocycles. The predicted molar refractivity (Wildman–Crippen MR) is 82.9 cm³/mol. The maximum Gasteiger partial charge on any atom is 0.407 e. The molecule has 0 radical (unpaired) electrons. The number of hydrogen-bond donors (Lipinski definition) is 1. The van der Waals surface area contributed by atoms with Crippen LogP contribution in [0, 0.1) is 6.92 Å². The largest absolute Gasteiger partial charge is 0.465 e. The third-order valence-corrected chi connectivity index (χ3v) is 3.98. The molecular formula is C14H16ClN5O2. The van der Waals surface area contributed by atoms with E-state index in [1.54, 1.807) is 0 Å². The number of carbonyl (C=O) groups is 1. The van der Waals surface area contributed by atoms with Crippen LogP contribution in [0.2, 0.25) is 5.02 Å². The number of rotatable bonds is 2. The second-order valence-electron chi connectivity index (χ2n) is 5.12. The molecule has 0 atom stereocenters. The Morgan fingerprint density at radius 1 is 1.14 bits per heavy atom. The van der Waals surface area contributed by atoms with E-state index < -0.39 is 6.09 Å². The van der Waals surface area contributed by atoms with Crippen molar-refractivity contribution in [3.05, 3.63) is 35.1 Å². The summed E-state index contributed by atoms with van der Waals surface area (Å²) in [6.07, 6.45) is -0.880. The molecular weight excluding hydrogens is 306 g/mol. The maximum atomic E-state index is 11.0. The van der Waals surface area contributed by atoms with Gasteiger partial charge in [-0.25, -0.2) is 4.79 Å². The van der Waals surface area contributed by atoms with Crippen LogP contribution in [0.4, 0.5) is 10.7 Å². The molecule has 2 aromatic rings. The maximum absolute atomic E-state index is 11.0. The van der Waals surface area contributed by atoms with E-state index in [2.05, 4.69) is 10.2 Å². The third-order valence-electron chi connectivity index (χ3n) is 3.73. The summed E-state index contributed by atoms with van der Waals surface area (Å²) >= 11 is 5.93. The smallest absolute Gasteiger partial charge is 0.407 e. The molecule has 1 N–H and O–H groups in total. The van der Waals surface area contributed by atoms with E-state index in [4.69, 9.17) is 16.7 Å². The molecule has 0 aliphatic carbocycles. The van der Waals surface area contributed by atoms with Crippen LogP contribution in [0.15, 0.2) is 24.3 Å². The van der Waals surface area contributed by atoms with Crippen LogP contribution in [0.25, 0.3) is 5.69 Å². The molecule has 0 spiro atoms. The van der Waals surface area contributed by atoms with Crippen LogP contribution < -0.4 is 4.90 Å². The summed E-state index contributed by atoms with van der Waals surface area (Å²) in [6.45, 7) is 4.00. The van der Waals surface area contributed by atoms with Crippen LogP contribution in [-0.4, -0.2) is 57.0 Å². The first-order valence-electron chi connectivity index (χ1n) is 6.97. The van der Waals surface area contributed by atoms with Gasteiger partial charge in [-0.1, -0.05) is 11.6 Å². The van der Waals surface area contributed by atoms with Crippen molar-refractivity contribution in [1.82, 2.24) is 19.7 Å². The minimum absolute atomic E-state index is 0.460. The zero-order valence-corrected chi connectivity index (χ0v) is 12.9. The van der Waals surface area contributed by atoms with E-state index in [9.17, 15) is 4.79 Å². The van der Waals surface area contributed by atoms with Crippen LogP contribution >= 0.6 is 11.6 Å².